The second kappa shape index (κ2) is 7.28. The van der Waals surface area contributed by atoms with E-state index in [0.29, 0.717) is 35.8 Å². The van der Waals surface area contributed by atoms with Gasteiger partial charge in [-0.15, -0.1) is 0 Å². The zero-order chi connectivity index (χ0) is 18.8. The Bertz CT molecular complexity index is 1030. The fourth-order valence-corrected chi connectivity index (χ4v) is 3.20. The molecular formula is C18H20N6O3. The largest absolute Gasteiger partial charge is 0.379 e. The van der Waals surface area contributed by atoms with Gasteiger partial charge in [0.1, 0.15) is 5.82 Å². The second-order valence-electron chi connectivity index (χ2n) is 6.45. The molecule has 0 bridgehead atoms. The van der Waals surface area contributed by atoms with E-state index in [1.54, 1.807) is 23.9 Å². The minimum Gasteiger partial charge on any atom is -0.379 e. The van der Waals surface area contributed by atoms with E-state index >= 15 is 0 Å². The van der Waals surface area contributed by atoms with Gasteiger partial charge in [-0.2, -0.15) is 5.10 Å². The van der Waals surface area contributed by atoms with Crippen molar-refractivity contribution in [2.45, 2.75) is 25.4 Å². The van der Waals surface area contributed by atoms with Gasteiger partial charge in [0.25, 0.3) is 5.56 Å². The Morgan fingerprint density at radius 1 is 1.37 bits per heavy atom. The highest BCUT2D eigenvalue weighted by atomic mass is 16.5. The van der Waals surface area contributed by atoms with E-state index in [4.69, 9.17) is 4.74 Å². The van der Waals surface area contributed by atoms with Gasteiger partial charge in [0.2, 0.25) is 5.91 Å². The van der Waals surface area contributed by atoms with Crippen LogP contribution in [-0.4, -0.2) is 50.5 Å². The summed E-state index contributed by atoms with van der Waals surface area (Å²) in [7, 11) is 1.57. The van der Waals surface area contributed by atoms with Gasteiger partial charge in [0.05, 0.1) is 42.8 Å². The third-order valence-electron chi connectivity index (χ3n) is 4.64. The number of carbonyl (C=O) groups excluding carboxylic acids is 1. The van der Waals surface area contributed by atoms with Gasteiger partial charge >= 0.3 is 0 Å². The first-order valence-electron chi connectivity index (χ1n) is 8.82. The molecule has 1 aromatic carbocycles. The smallest absolute Gasteiger partial charge is 0.261 e. The van der Waals surface area contributed by atoms with E-state index in [1.807, 2.05) is 12.1 Å². The first-order chi connectivity index (χ1) is 13.2. The van der Waals surface area contributed by atoms with Crippen LogP contribution in [0.15, 0.2) is 35.4 Å². The molecule has 27 heavy (non-hydrogen) atoms. The molecule has 9 heteroatoms. The van der Waals surface area contributed by atoms with Crippen molar-refractivity contribution in [3.05, 3.63) is 52.6 Å². The van der Waals surface area contributed by atoms with Crippen molar-refractivity contribution < 1.29 is 9.53 Å². The van der Waals surface area contributed by atoms with Crippen LogP contribution < -0.4 is 10.9 Å². The molecular weight excluding hydrogens is 348 g/mol. The molecule has 9 nitrogen and oxygen atoms in total. The van der Waals surface area contributed by atoms with Crippen molar-refractivity contribution in [3.8, 4) is 0 Å². The van der Waals surface area contributed by atoms with E-state index in [-0.39, 0.29) is 30.5 Å². The number of hydrogen-bond acceptors (Lipinski definition) is 6. The van der Waals surface area contributed by atoms with Crippen molar-refractivity contribution in [2.24, 2.45) is 0 Å². The van der Waals surface area contributed by atoms with Gasteiger partial charge in [0, 0.05) is 13.7 Å². The predicted molar refractivity (Wildman–Crippen MR) is 97.4 cm³/mol. The Kier molecular flexibility index (Phi) is 4.68. The number of rotatable bonds is 5. The highest BCUT2D eigenvalue weighted by molar-refractivity contribution is 5.77. The molecule has 3 heterocycles. The summed E-state index contributed by atoms with van der Waals surface area (Å²) >= 11 is 0. The summed E-state index contributed by atoms with van der Waals surface area (Å²) in [6.45, 7) is 1.43. The highest BCUT2D eigenvalue weighted by Gasteiger charge is 2.24. The molecule has 3 aromatic rings. The summed E-state index contributed by atoms with van der Waals surface area (Å²) in [6.07, 6.45) is 2.43. The zero-order valence-electron chi connectivity index (χ0n) is 15.0. The minimum atomic E-state index is -0.161. The summed E-state index contributed by atoms with van der Waals surface area (Å²) < 4.78 is 8.76. The van der Waals surface area contributed by atoms with E-state index in [9.17, 15) is 9.59 Å². The molecule has 140 valence electrons. The van der Waals surface area contributed by atoms with Crippen molar-refractivity contribution in [3.63, 3.8) is 0 Å². The summed E-state index contributed by atoms with van der Waals surface area (Å²) in [4.78, 5) is 33.3. The van der Waals surface area contributed by atoms with E-state index in [2.05, 4.69) is 20.4 Å². The van der Waals surface area contributed by atoms with Crippen LogP contribution in [0.25, 0.3) is 10.9 Å². The van der Waals surface area contributed by atoms with Crippen LogP contribution in [0, 0.1) is 0 Å². The summed E-state index contributed by atoms with van der Waals surface area (Å²) in [6, 6.07) is 7.28. The molecule has 1 aliphatic heterocycles. The van der Waals surface area contributed by atoms with E-state index in [1.165, 1.54) is 10.9 Å². The summed E-state index contributed by atoms with van der Waals surface area (Å²) in [5, 5.41) is 7.63. The molecule has 1 aliphatic rings. The molecule has 1 amide bonds. The fraction of sp³-hybridized carbons (Fsp3) is 0.389. The van der Waals surface area contributed by atoms with E-state index < -0.39 is 0 Å². The number of carbonyl (C=O) groups is 1. The molecule has 0 aliphatic carbocycles. The molecule has 1 N–H and O–H groups in total. The lowest BCUT2D eigenvalue weighted by atomic mass is 10.2. The van der Waals surface area contributed by atoms with Gasteiger partial charge in [-0.1, -0.05) is 12.1 Å². The number of likely N-dealkylation sites (N-methyl/N-ethyl adjacent to an activating group) is 1. The number of fused-ring (bicyclic) bond motifs is 1. The molecule has 1 atom stereocenters. The van der Waals surface area contributed by atoms with Crippen LogP contribution >= 0.6 is 0 Å². The number of benzene rings is 1. The lowest BCUT2D eigenvalue weighted by molar-refractivity contribution is -0.120. The Hall–Kier alpha value is -3.07. The number of hydrogen-bond donors (Lipinski definition) is 1. The number of nitrogens with zero attached hydrogens (tertiary/aromatic N) is 5. The Morgan fingerprint density at radius 3 is 3.00 bits per heavy atom. The Morgan fingerprint density at radius 2 is 2.22 bits per heavy atom. The van der Waals surface area contributed by atoms with Gasteiger partial charge in [-0.25, -0.2) is 14.6 Å². The lowest BCUT2D eigenvalue weighted by Crippen LogP contribution is -2.24. The number of para-hydroxylation sites is 1. The molecule has 1 saturated heterocycles. The van der Waals surface area contributed by atoms with Gasteiger partial charge in [-0.05, 0) is 18.6 Å². The van der Waals surface area contributed by atoms with Crippen LogP contribution in [0.4, 0.5) is 0 Å². The molecule has 4 rings (SSSR count). The lowest BCUT2D eigenvalue weighted by Gasteiger charge is -2.12. The molecule has 0 spiro atoms. The predicted octanol–water partition coefficient (Wildman–Crippen LogP) is 0.286. The monoisotopic (exact) mass is 368 g/mol. The molecule has 2 aromatic heterocycles. The highest BCUT2D eigenvalue weighted by Crippen LogP contribution is 2.20. The molecule has 0 saturated carbocycles. The van der Waals surface area contributed by atoms with Crippen LogP contribution in [0.5, 0.6) is 0 Å². The third-order valence-corrected chi connectivity index (χ3v) is 4.64. The average Bonchev–Trinajstić information content (AvgIpc) is 3.34. The number of ether oxygens (including phenoxy) is 1. The first kappa shape index (κ1) is 17.3. The second-order valence-corrected chi connectivity index (χ2v) is 6.45. The normalized spacial score (nSPS) is 16.7. The quantitative estimate of drug-likeness (QED) is 0.694. The number of nitrogens with one attached hydrogen (secondary N) is 1. The maximum absolute atomic E-state index is 12.8. The van der Waals surface area contributed by atoms with Gasteiger partial charge in [0.15, 0.2) is 5.82 Å². The summed E-state index contributed by atoms with van der Waals surface area (Å²) in [5.74, 6) is 0.882. The van der Waals surface area contributed by atoms with Gasteiger partial charge < -0.3 is 10.1 Å². The molecule has 0 radical (unpaired) electrons. The Balaban J connectivity index is 1.71. The topological polar surface area (TPSA) is 104 Å². The van der Waals surface area contributed by atoms with E-state index in [0.717, 1.165) is 6.42 Å². The SMILES string of the molecule is CNC(=O)Cc1nc(Cn2cnc3ccccc3c2=O)n(C2CCOC2)n1. The number of aromatic nitrogens is 5. The minimum absolute atomic E-state index is 0.0510. The maximum Gasteiger partial charge on any atom is 0.261 e. The first-order valence-corrected chi connectivity index (χ1v) is 8.82. The fourth-order valence-electron chi connectivity index (χ4n) is 3.20. The van der Waals surface area contributed by atoms with Crippen molar-refractivity contribution in [1.29, 1.82) is 0 Å². The molecule has 1 fully saturated rings. The van der Waals surface area contributed by atoms with Crippen LogP contribution in [0.2, 0.25) is 0 Å². The van der Waals surface area contributed by atoms with Crippen LogP contribution in [-0.2, 0) is 22.5 Å². The summed E-state index contributed by atoms with van der Waals surface area (Å²) in [5.41, 5.74) is 0.524. The zero-order valence-corrected chi connectivity index (χ0v) is 15.0. The van der Waals surface area contributed by atoms with Crippen molar-refractivity contribution >= 4 is 16.8 Å². The van der Waals surface area contributed by atoms with Crippen LogP contribution in [0.3, 0.4) is 0 Å². The third kappa shape index (κ3) is 3.45. The average molecular weight is 368 g/mol. The molecule has 1 unspecified atom stereocenters. The van der Waals surface area contributed by atoms with Crippen molar-refractivity contribution in [1.82, 2.24) is 29.6 Å². The van der Waals surface area contributed by atoms with Crippen LogP contribution in [0.1, 0.15) is 24.1 Å². The Labute approximate surface area is 155 Å². The maximum atomic E-state index is 12.8. The van der Waals surface area contributed by atoms with Crippen molar-refractivity contribution in [2.75, 3.05) is 20.3 Å². The standard InChI is InChI=1S/C18H20N6O3/c1-19-17(25)8-15-21-16(24(22-15)12-6-7-27-10-12)9-23-11-20-14-5-3-2-4-13(14)18(23)26/h2-5,11-12H,6-10H2,1H3,(H,19,25). The van der Waals surface area contributed by atoms with Gasteiger partial charge in [-0.3, -0.25) is 14.2 Å². The number of amides is 1.